The number of aromatic hydroxyl groups is 1. The smallest absolute Gasteiger partial charge is 0.683 e. The Bertz CT molecular complexity index is 775. The van der Waals surface area contributed by atoms with Crippen LogP contribution in [0.4, 0.5) is 0 Å². The Labute approximate surface area is 148 Å². The van der Waals surface area contributed by atoms with Gasteiger partial charge in [-0.15, -0.1) is 0 Å². The van der Waals surface area contributed by atoms with E-state index >= 15 is 0 Å². The molecule has 0 atom stereocenters. The van der Waals surface area contributed by atoms with Gasteiger partial charge in [0.05, 0.1) is 5.56 Å². The number of aromatic nitrogens is 1. The molecule has 0 spiro atoms. The van der Waals surface area contributed by atoms with Gasteiger partial charge in [0.1, 0.15) is 5.75 Å². The van der Waals surface area contributed by atoms with Crippen molar-refractivity contribution in [3.63, 3.8) is 0 Å². The number of phenolic OH excluding ortho intramolecular Hbond substituents is 1. The summed E-state index contributed by atoms with van der Waals surface area (Å²) in [7, 11) is -4.67. The summed E-state index contributed by atoms with van der Waals surface area (Å²) in [5.74, 6) is -0.0936. The molecule has 1 aromatic carbocycles. The maximum atomic E-state index is 9.61. The quantitative estimate of drug-likeness (QED) is 0.196. The van der Waals surface area contributed by atoms with Gasteiger partial charge in [0, 0.05) is 24.2 Å². The average Bonchev–Trinajstić information content (AvgIpc) is 2.48. The zero-order chi connectivity index (χ0) is 17.3. The van der Waals surface area contributed by atoms with E-state index < -0.39 is 10.4 Å². The van der Waals surface area contributed by atoms with Gasteiger partial charge in [-0.3, -0.25) is 9.78 Å². The predicted molar refractivity (Wildman–Crippen MR) is 82.7 cm³/mol. The van der Waals surface area contributed by atoms with Gasteiger partial charge in [0.25, 0.3) is 5.91 Å². The topological polar surface area (TPSA) is 161 Å². The largest absolute Gasteiger partial charge is 2.00 e. The van der Waals surface area contributed by atoms with Crippen molar-refractivity contribution in [3.05, 3.63) is 65.3 Å². The summed E-state index contributed by atoms with van der Waals surface area (Å²) >= 11 is 0. The summed E-state index contributed by atoms with van der Waals surface area (Å²) in [6, 6.07) is 9.96. The van der Waals surface area contributed by atoms with Crippen LogP contribution in [0.15, 0.2) is 53.9 Å². The molecule has 0 saturated heterocycles. The Kier molecular flexibility index (Phi) is 9.47. The summed E-state index contributed by atoms with van der Waals surface area (Å²) in [5, 5.41) is 13.2. The molecule has 2 rings (SSSR count). The first kappa shape index (κ1) is 21.7. The van der Waals surface area contributed by atoms with Gasteiger partial charge in [0.15, 0.2) is 0 Å². The van der Waals surface area contributed by atoms with Gasteiger partial charge in [-0.2, -0.15) is 8.42 Å². The van der Waals surface area contributed by atoms with E-state index in [1.54, 1.807) is 48.8 Å². The van der Waals surface area contributed by atoms with Gasteiger partial charge in [-0.05, 0) is 24.3 Å². The maximum absolute atomic E-state index is 9.61. The molecule has 2 aromatic rings. The number of phenols is 1. The molecule has 1 amide bonds. The summed E-state index contributed by atoms with van der Waals surface area (Å²) < 4.78 is 31.6. The van der Waals surface area contributed by atoms with E-state index in [0.717, 1.165) is 0 Å². The van der Waals surface area contributed by atoms with Crippen molar-refractivity contribution >= 4 is 22.5 Å². The number of hydrogen-bond acceptors (Lipinski definition) is 6. The monoisotopic (exact) mass is 395 g/mol. The molecular formula is C13H13FeN3O6S+2. The molecule has 0 unspecified atom stereocenters. The van der Waals surface area contributed by atoms with Crippen molar-refractivity contribution in [2.24, 2.45) is 5.10 Å². The Hall–Kier alpha value is -2.30. The van der Waals surface area contributed by atoms with E-state index in [1.807, 2.05) is 0 Å². The van der Waals surface area contributed by atoms with E-state index in [4.69, 9.17) is 17.5 Å². The third-order valence-corrected chi connectivity index (χ3v) is 2.22. The van der Waals surface area contributed by atoms with Crippen molar-refractivity contribution in [3.8, 4) is 5.75 Å². The van der Waals surface area contributed by atoms with Crippen LogP contribution in [0.3, 0.4) is 0 Å². The Morgan fingerprint density at radius 1 is 1.29 bits per heavy atom. The first-order chi connectivity index (χ1) is 10.8. The molecule has 4 N–H and O–H groups in total. The van der Waals surface area contributed by atoms with E-state index in [1.165, 1.54) is 6.21 Å². The number of benzene rings is 1. The molecule has 0 saturated carbocycles. The van der Waals surface area contributed by atoms with Gasteiger partial charge in [-0.25, -0.2) is 0 Å². The number of amides is 1. The fraction of sp³-hybridized carbons (Fsp3) is 0. The Morgan fingerprint density at radius 3 is 2.38 bits per heavy atom. The third kappa shape index (κ3) is 9.66. The van der Waals surface area contributed by atoms with Crippen LogP contribution in [0.25, 0.3) is 5.43 Å². The fourth-order valence-corrected chi connectivity index (χ4v) is 1.30. The molecule has 0 aliphatic carbocycles. The molecule has 128 valence electrons. The minimum absolute atomic E-state index is 0. The summed E-state index contributed by atoms with van der Waals surface area (Å²) in [6.45, 7) is 0. The molecule has 11 heteroatoms. The summed E-state index contributed by atoms with van der Waals surface area (Å²) in [4.78, 5) is 13.4. The number of rotatable bonds is 3. The second-order valence-electron chi connectivity index (χ2n) is 3.92. The van der Waals surface area contributed by atoms with Crippen molar-refractivity contribution in [1.82, 2.24) is 4.98 Å². The SMILES string of the molecule is O=S(=O)([O-])[OH2+].Oc1ccccc1C=N[N-]C(=[OH+])c1ccncc1.[Fe+2]. The minimum Gasteiger partial charge on any atom is -0.683 e. The van der Waals surface area contributed by atoms with Crippen molar-refractivity contribution in [1.29, 1.82) is 0 Å². The summed E-state index contributed by atoms with van der Waals surface area (Å²) in [6.07, 6.45) is 4.47. The summed E-state index contributed by atoms with van der Waals surface area (Å²) in [5.41, 5.74) is 4.69. The third-order valence-electron chi connectivity index (χ3n) is 2.22. The van der Waals surface area contributed by atoms with E-state index in [-0.39, 0.29) is 28.7 Å². The minimum atomic E-state index is -4.67. The van der Waals surface area contributed by atoms with Crippen LogP contribution in [0.1, 0.15) is 11.1 Å². The molecule has 0 aliphatic rings. The van der Waals surface area contributed by atoms with Crippen LogP contribution in [-0.4, -0.2) is 44.5 Å². The fourth-order valence-electron chi connectivity index (χ4n) is 1.30. The van der Waals surface area contributed by atoms with Crippen LogP contribution in [0.2, 0.25) is 0 Å². The van der Waals surface area contributed by atoms with Crippen LogP contribution in [0, 0.1) is 0 Å². The normalized spacial score (nSPS) is 10.2. The Morgan fingerprint density at radius 2 is 1.83 bits per heavy atom. The van der Waals surface area contributed by atoms with Gasteiger partial charge >= 0.3 is 27.5 Å². The zero-order valence-electron chi connectivity index (χ0n) is 11.9. The van der Waals surface area contributed by atoms with Crippen LogP contribution in [0.5, 0.6) is 5.75 Å². The van der Waals surface area contributed by atoms with Crippen LogP contribution < -0.4 is 0 Å². The predicted octanol–water partition coefficient (Wildman–Crippen LogP) is 0.214. The second kappa shape index (κ2) is 10.5. The van der Waals surface area contributed by atoms with E-state index in [9.17, 15) is 9.90 Å². The van der Waals surface area contributed by atoms with Crippen LogP contribution >= 0.6 is 0 Å². The van der Waals surface area contributed by atoms with Gasteiger partial charge in [-0.1, -0.05) is 12.1 Å². The molecule has 0 aliphatic heterocycles. The first-order valence-electron chi connectivity index (χ1n) is 5.96. The molecular weight excluding hydrogens is 382 g/mol. The number of hydrogen-bond donors (Lipinski definition) is 1. The average molecular weight is 395 g/mol. The van der Waals surface area contributed by atoms with Crippen molar-refractivity contribution in [2.75, 3.05) is 0 Å². The van der Waals surface area contributed by atoms with Crippen LogP contribution in [-0.2, 0) is 27.5 Å². The molecule has 0 radical (unpaired) electrons. The van der Waals surface area contributed by atoms with E-state index in [2.05, 4.69) is 15.5 Å². The number of nitrogens with zero attached hydrogens (tertiary/aromatic N) is 3. The number of para-hydroxylation sites is 1. The molecule has 1 aromatic heterocycles. The standard InChI is InChI=1S/C13H11N3O2.Fe.H2O4S/c17-12-4-2-1-3-11(12)9-15-16-13(18)10-5-7-14-8-6-10;;1-5(2,3)4/h1-9H,(H2,14,15,16,17,18);;(H2,1,2,3,4)/q;+2;. The number of carbonyl (C=O) groups excluding carboxylic acids is 1. The molecule has 0 fully saturated rings. The molecule has 1 heterocycles. The van der Waals surface area contributed by atoms with Gasteiger partial charge < -0.3 is 24.7 Å². The van der Waals surface area contributed by atoms with E-state index in [0.29, 0.717) is 11.1 Å². The maximum Gasteiger partial charge on any atom is 2.00 e. The molecule has 24 heavy (non-hydrogen) atoms. The first-order valence-corrected chi connectivity index (χ1v) is 7.37. The molecule has 9 nitrogen and oxygen atoms in total. The van der Waals surface area contributed by atoms with Crippen molar-refractivity contribution < 1.29 is 44.5 Å². The zero-order valence-corrected chi connectivity index (χ0v) is 13.8. The second-order valence-corrected chi connectivity index (χ2v) is 4.83. The Balaban J connectivity index is 0.000000777. The van der Waals surface area contributed by atoms with Gasteiger partial charge in [0.2, 0.25) is 0 Å². The van der Waals surface area contributed by atoms with Crippen molar-refractivity contribution in [2.45, 2.75) is 0 Å². The number of pyridine rings is 1. The molecule has 0 bridgehead atoms.